The Morgan fingerprint density at radius 1 is 1.44 bits per heavy atom. The number of hydrogen-bond acceptors (Lipinski definition) is 2. The van der Waals surface area contributed by atoms with Gasteiger partial charge in [0, 0.05) is 5.92 Å². The fraction of sp³-hybridized carbons (Fsp3) is 0.533. The molecule has 3 N–H and O–H groups in total. The molecule has 1 aliphatic rings. The zero-order chi connectivity index (χ0) is 13.3. The molecule has 1 aliphatic carbocycles. The molecule has 0 spiro atoms. The molecule has 1 atom stereocenters. The zero-order valence-corrected chi connectivity index (χ0v) is 11.4. The van der Waals surface area contributed by atoms with Crippen molar-refractivity contribution in [3.05, 3.63) is 23.8 Å². The van der Waals surface area contributed by atoms with Gasteiger partial charge in [0.15, 0.2) is 0 Å². The fourth-order valence-corrected chi connectivity index (χ4v) is 2.83. The van der Waals surface area contributed by atoms with Crippen LogP contribution in [-0.4, -0.2) is 5.91 Å². The van der Waals surface area contributed by atoms with Gasteiger partial charge in [-0.1, -0.05) is 26.3 Å². The van der Waals surface area contributed by atoms with Gasteiger partial charge in [-0.2, -0.15) is 0 Å². The average molecular weight is 246 g/mol. The molecule has 18 heavy (non-hydrogen) atoms. The highest BCUT2D eigenvalue weighted by Gasteiger charge is 2.39. The average Bonchev–Trinajstić information content (AvgIpc) is 2.62. The Labute approximate surface area is 109 Å². The van der Waals surface area contributed by atoms with Gasteiger partial charge in [-0.25, -0.2) is 0 Å². The predicted molar refractivity (Wildman–Crippen MR) is 75.3 cm³/mol. The Kier molecular flexibility index (Phi) is 3.33. The van der Waals surface area contributed by atoms with E-state index in [2.05, 4.69) is 19.2 Å². The van der Waals surface area contributed by atoms with Crippen LogP contribution in [0.1, 0.15) is 38.7 Å². The number of carbonyl (C=O) groups is 1. The molecule has 98 valence electrons. The molecule has 3 heteroatoms. The summed E-state index contributed by atoms with van der Waals surface area (Å²) in [4.78, 5) is 12.3. The van der Waals surface area contributed by atoms with Gasteiger partial charge in [0.1, 0.15) is 0 Å². The van der Waals surface area contributed by atoms with Crippen LogP contribution in [-0.2, 0) is 4.79 Å². The summed E-state index contributed by atoms with van der Waals surface area (Å²) in [5.74, 6) is 0.200. The first-order chi connectivity index (χ1) is 8.40. The van der Waals surface area contributed by atoms with Gasteiger partial charge in [0.05, 0.1) is 11.4 Å². The van der Waals surface area contributed by atoms with E-state index < -0.39 is 0 Å². The Balaban J connectivity index is 2.12. The molecule has 1 fully saturated rings. The molecule has 0 aliphatic heterocycles. The first-order valence-electron chi connectivity index (χ1n) is 6.57. The van der Waals surface area contributed by atoms with E-state index >= 15 is 0 Å². The SMILES string of the molecule is Cc1ccc(NC(=O)C2CCCC2(C)C)c(N)c1. The molecule has 1 aromatic rings. The number of nitrogens with one attached hydrogen (secondary N) is 1. The minimum atomic E-state index is 0.0956. The van der Waals surface area contributed by atoms with Crippen molar-refractivity contribution in [3.8, 4) is 0 Å². The van der Waals surface area contributed by atoms with Crippen molar-refractivity contribution in [2.75, 3.05) is 11.1 Å². The van der Waals surface area contributed by atoms with E-state index in [4.69, 9.17) is 5.73 Å². The summed E-state index contributed by atoms with van der Waals surface area (Å²) in [5.41, 5.74) is 8.49. The van der Waals surface area contributed by atoms with Crippen molar-refractivity contribution < 1.29 is 4.79 Å². The lowest BCUT2D eigenvalue weighted by Crippen LogP contribution is -2.31. The van der Waals surface area contributed by atoms with Crippen molar-refractivity contribution >= 4 is 17.3 Å². The third kappa shape index (κ3) is 2.50. The Morgan fingerprint density at radius 2 is 2.17 bits per heavy atom. The maximum absolute atomic E-state index is 12.3. The van der Waals surface area contributed by atoms with Crippen LogP contribution in [0.15, 0.2) is 18.2 Å². The summed E-state index contributed by atoms with van der Waals surface area (Å²) in [6.45, 7) is 6.33. The Morgan fingerprint density at radius 3 is 2.72 bits per heavy atom. The van der Waals surface area contributed by atoms with Gasteiger partial charge in [0.2, 0.25) is 5.91 Å². The van der Waals surface area contributed by atoms with Crippen LogP contribution in [0.4, 0.5) is 11.4 Å². The summed E-state index contributed by atoms with van der Waals surface area (Å²) < 4.78 is 0. The molecule has 0 heterocycles. The third-order valence-electron chi connectivity index (χ3n) is 4.04. The van der Waals surface area contributed by atoms with Crippen LogP contribution in [0.5, 0.6) is 0 Å². The van der Waals surface area contributed by atoms with E-state index in [9.17, 15) is 4.79 Å². The number of benzene rings is 1. The van der Waals surface area contributed by atoms with Crippen molar-refractivity contribution in [3.63, 3.8) is 0 Å². The third-order valence-corrected chi connectivity index (χ3v) is 4.04. The fourth-order valence-electron chi connectivity index (χ4n) is 2.83. The molecule has 0 aromatic heterocycles. The number of nitrogens with two attached hydrogens (primary N) is 1. The summed E-state index contributed by atoms with van der Waals surface area (Å²) in [5, 5.41) is 2.97. The summed E-state index contributed by atoms with van der Waals surface area (Å²) >= 11 is 0. The smallest absolute Gasteiger partial charge is 0.228 e. The minimum Gasteiger partial charge on any atom is -0.397 e. The van der Waals surface area contributed by atoms with Crippen LogP contribution in [0.3, 0.4) is 0 Å². The second-order valence-corrected chi connectivity index (χ2v) is 6.01. The number of nitrogen functional groups attached to an aromatic ring is 1. The predicted octanol–water partition coefficient (Wildman–Crippen LogP) is 3.34. The molecular formula is C15H22N2O. The molecule has 1 aromatic carbocycles. The molecule has 3 nitrogen and oxygen atoms in total. The van der Waals surface area contributed by atoms with Gasteiger partial charge < -0.3 is 11.1 Å². The number of carbonyl (C=O) groups excluding carboxylic acids is 1. The maximum atomic E-state index is 12.3. The number of amides is 1. The van der Waals surface area contributed by atoms with E-state index in [1.807, 2.05) is 25.1 Å². The molecule has 1 saturated carbocycles. The van der Waals surface area contributed by atoms with Crippen molar-refractivity contribution in [2.45, 2.75) is 40.0 Å². The van der Waals surface area contributed by atoms with Gasteiger partial charge in [-0.15, -0.1) is 0 Å². The molecule has 1 amide bonds. The van der Waals surface area contributed by atoms with Crippen molar-refractivity contribution in [1.82, 2.24) is 0 Å². The highest BCUT2D eigenvalue weighted by atomic mass is 16.1. The second-order valence-electron chi connectivity index (χ2n) is 6.01. The van der Waals surface area contributed by atoms with Crippen LogP contribution in [0, 0.1) is 18.3 Å². The lowest BCUT2D eigenvalue weighted by molar-refractivity contribution is -0.122. The second kappa shape index (κ2) is 4.63. The van der Waals surface area contributed by atoms with Crippen LogP contribution in [0.25, 0.3) is 0 Å². The molecule has 1 unspecified atom stereocenters. The largest absolute Gasteiger partial charge is 0.397 e. The van der Waals surface area contributed by atoms with Gasteiger partial charge in [0.25, 0.3) is 0 Å². The summed E-state index contributed by atoms with van der Waals surface area (Å²) in [6, 6.07) is 5.73. The van der Waals surface area contributed by atoms with E-state index in [-0.39, 0.29) is 17.2 Å². The molecule has 2 rings (SSSR count). The molecule has 0 radical (unpaired) electrons. The number of rotatable bonds is 2. The van der Waals surface area contributed by atoms with E-state index in [0.717, 1.165) is 30.5 Å². The van der Waals surface area contributed by atoms with Crippen LogP contribution >= 0.6 is 0 Å². The van der Waals surface area contributed by atoms with Crippen molar-refractivity contribution in [2.24, 2.45) is 11.3 Å². The Bertz CT molecular complexity index is 466. The van der Waals surface area contributed by atoms with E-state index in [0.29, 0.717) is 5.69 Å². The first-order valence-corrected chi connectivity index (χ1v) is 6.57. The lowest BCUT2D eigenvalue weighted by atomic mass is 9.81. The van der Waals surface area contributed by atoms with Crippen LogP contribution in [0.2, 0.25) is 0 Å². The highest BCUT2D eigenvalue weighted by Crippen LogP contribution is 2.43. The zero-order valence-electron chi connectivity index (χ0n) is 11.4. The van der Waals surface area contributed by atoms with Crippen molar-refractivity contribution in [1.29, 1.82) is 0 Å². The van der Waals surface area contributed by atoms with Gasteiger partial charge >= 0.3 is 0 Å². The first kappa shape index (κ1) is 12.9. The topological polar surface area (TPSA) is 55.1 Å². The standard InChI is InChI=1S/C15H22N2O/c1-10-6-7-13(12(16)9-10)17-14(18)11-5-4-8-15(11,2)3/h6-7,9,11H,4-5,8,16H2,1-3H3,(H,17,18). The normalized spacial score (nSPS) is 21.8. The number of hydrogen-bond donors (Lipinski definition) is 2. The maximum Gasteiger partial charge on any atom is 0.228 e. The number of anilines is 2. The van der Waals surface area contributed by atoms with E-state index in [1.54, 1.807) is 0 Å². The minimum absolute atomic E-state index is 0.0956. The monoisotopic (exact) mass is 246 g/mol. The summed E-state index contributed by atoms with van der Waals surface area (Å²) in [7, 11) is 0. The molecule has 0 bridgehead atoms. The van der Waals surface area contributed by atoms with E-state index in [1.165, 1.54) is 0 Å². The Hall–Kier alpha value is -1.51. The molecule has 0 saturated heterocycles. The summed E-state index contributed by atoms with van der Waals surface area (Å²) in [6.07, 6.45) is 3.23. The lowest BCUT2D eigenvalue weighted by Gasteiger charge is -2.26. The van der Waals surface area contributed by atoms with Gasteiger partial charge in [-0.3, -0.25) is 4.79 Å². The van der Waals surface area contributed by atoms with Gasteiger partial charge in [-0.05, 0) is 42.9 Å². The number of aryl methyl sites for hydroxylation is 1. The molecular weight excluding hydrogens is 224 g/mol. The highest BCUT2D eigenvalue weighted by molar-refractivity contribution is 5.96. The van der Waals surface area contributed by atoms with Crippen LogP contribution < -0.4 is 11.1 Å². The quantitative estimate of drug-likeness (QED) is 0.786.